The molecule has 1 aromatic carbocycles. The highest BCUT2D eigenvalue weighted by atomic mass is 35.5. The van der Waals surface area contributed by atoms with Gasteiger partial charge in [0.15, 0.2) is 0 Å². The SMILES string of the molecule is COCCNCc1cccnc1Oc1ccc(F)c(Cl)c1. The first-order valence-corrected chi connectivity index (χ1v) is 6.85. The van der Waals surface area contributed by atoms with Gasteiger partial charge in [0, 0.05) is 38.0 Å². The van der Waals surface area contributed by atoms with E-state index < -0.39 is 5.82 Å². The minimum absolute atomic E-state index is 0.0169. The van der Waals surface area contributed by atoms with Crippen molar-refractivity contribution in [1.29, 1.82) is 0 Å². The summed E-state index contributed by atoms with van der Waals surface area (Å²) in [6, 6.07) is 7.94. The van der Waals surface area contributed by atoms with Gasteiger partial charge in [-0.15, -0.1) is 0 Å². The molecule has 0 amide bonds. The fourth-order valence-electron chi connectivity index (χ4n) is 1.70. The zero-order chi connectivity index (χ0) is 15.1. The Bertz CT molecular complexity index is 596. The van der Waals surface area contributed by atoms with Crippen LogP contribution in [0.2, 0.25) is 5.02 Å². The van der Waals surface area contributed by atoms with Gasteiger partial charge in [-0.2, -0.15) is 0 Å². The van der Waals surface area contributed by atoms with E-state index in [1.54, 1.807) is 13.3 Å². The molecule has 1 N–H and O–H groups in total. The van der Waals surface area contributed by atoms with E-state index in [0.29, 0.717) is 24.8 Å². The highest BCUT2D eigenvalue weighted by Crippen LogP contribution is 2.26. The summed E-state index contributed by atoms with van der Waals surface area (Å²) < 4.78 is 23.8. The molecular formula is C15H16ClFN2O2. The predicted molar refractivity (Wildman–Crippen MR) is 79.3 cm³/mol. The molecule has 0 unspecified atom stereocenters. The summed E-state index contributed by atoms with van der Waals surface area (Å²) in [6.45, 7) is 1.96. The van der Waals surface area contributed by atoms with Crippen LogP contribution in [0, 0.1) is 5.82 Å². The molecule has 112 valence electrons. The van der Waals surface area contributed by atoms with Crippen molar-refractivity contribution in [2.45, 2.75) is 6.54 Å². The van der Waals surface area contributed by atoms with E-state index in [2.05, 4.69) is 10.3 Å². The van der Waals surface area contributed by atoms with Gasteiger partial charge >= 0.3 is 0 Å². The van der Waals surface area contributed by atoms with Gasteiger partial charge in [0.1, 0.15) is 11.6 Å². The number of nitrogens with zero attached hydrogens (tertiary/aromatic N) is 1. The van der Waals surface area contributed by atoms with Crippen LogP contribution in [0.15, 0.2) is 36.5 Å². The molecule has 4 nitrogen and oxygen atoms in total. The zero-order valence-electron chi connectivity index (χ0n) is 11.6. The monoisotopic (exact) mass is 310 g/mol. The Kier molecular flexibility index (Phi) is 5.92. The third-order valence-corrected chi connectivity index (χ3v) is 3.04. The summed E-state index contributed by atoms with van der Waals surface area (Å²) in [7, 11) is 1.65. The third-order valence-electron chi connectivity index (χ3n) is 2.75. The fourth-order valence-corrected chi connectivity index (χ4v) is 1.87. The van der Waals surface area contributed by atoms with E-state index in [0.717, 1.165) is 12.1 Å². The van der Waals surface area contributed by atoms with Crippen molar-refractivity contribution in [3.05, 3.63) is 52.9 Å². The standard InChI is InChI=1S/C15H16ClFN2O2/c1-20-8-7-18-10-11-3-2-6-19-15(11)21-12-4-5-14(17)13(16)9-12/h2-6,9,18H,7-8,10H2,1H3. The average Bonchev–Trinajstić information content (AvgIpc) is 2.49. The maximum Gasteiger partial charge on any atom is 0.223 e. The molecule has 21 heavy (non-hydrogen) atoms. The van der Waals surface area contributed by atoms with Crippen LogP contribution in [-0.4, -0.2) is 25.2 Å². The molecule has 2 rings (SSSR count). The van der Waals surface area contributed by atoms with Gasteiger partial charge < -0.3 is 14.8 Å². The van der Waals surface area contributed by atoms with E-state index in [1.807, 2.05) is 12.1 Å². The molecule has 1 aromatic heterocycles. The topological polar surface area (TPSA) is 43.4 Å². The summed E-state index contributed by atoms with van der Waals surface area (Å²) >= 11 is 5.74. The molecule has 0 spiro atoms. The van der Waals surface area contributed by atoms with E-state index in [9.17, 15) is 4.39 Å². The molecule has 0 atom stereocenters. The van der Waals surface area contributed by atoms with Gasteiger partial charge in [0.05, 0.1) is 11.6 Å². The number of aromatic nitrogens is 1. The summed E-state index contributed by atoms with van der Waals surface area (Å²) in [5.74, 6) is 0.426. The van der Waals surface area contributed by atoms with Gasteiger partial charge in [-0.1, -0.05) is 17.7 Å². The van der Waals surface area contributed by atoms with Gasteiger partial charge in [-0.05, 0) is 18.2 Å². The lowest BCUT2D eigenvalue weighted by Gasteiger charge is -2.11. The van der Waals surface area contributed by atoms with Crippen molar-refractivity contribution < 1.29 is 13.9 Å². The minimum Gasteiger partial charge on any atom is -0.439 e. The first-order chi connectivity index (χ1) is 10.2. The number of nitrogens with one attached hydrogen (secondary N) is 1. The maximum atomic E-state index is 13.1. The zero-order valence-corrected chi connectivity index (χ0v) is 12.4. The van der Waals surface area contributed by atoms with E-state index >= 15 is 0 Å². The number of ether oxygens (including phenoxy) is 2. The van der Waals surface area contributed by atoms with Crippen molar-refractivity contribution in [2.24, 2.45) is 0 Å². The predicted octanol–water partition coefficient (Wildman–Crippen LogP) is 3.40. The highest BCUT2D eigenvalue weighted by Gasteiger charge is 2.08. The number of rotatable bonds is 7. The molecule has 0 fully saturated rings. The summed E-state index contributed by atoms with van der Waals surface area (Å²) in [5, 5.41) is 3.24. The number of benzene rings is 1. The number of methoxy groups -OCH3 is 1. The number of pyridine rings is 1. The number of hydrogen-bond donors (Lipinski definition) is 1. The largest absolute Gasteiger partial charge is 0.439 e. The Labute approximate surface area is 127 Å². The van der Waals surface area contributed by atoms with Gasteiger partial charge in [-0.3, -0.25) is 0 Å². The van der Waals surface area contributed by atoms with Gasteiger partial charge in [0.25, 0.3) is 0 Å². The normalized spacial score (nSPS) is 10.6. The maximum absolute atomic E-state index is 13.1. The molecule has 0 bridgehead atoms. The second-order valence-electron chi connectivity index (χ2n) is 4.32. The summed E-state index contributed by atoms with van der Waals surface area (Å²) in [6.07, 6.45) is 1.64. The van der Waals surface area contributed by atoms with Crippen LogP contribution < -0.4 is 10.1 Å². The molecule has 6 heteroatoms. The molecule has 0 aliphatic heterocycles. The molecule has 0 saturated heterocycles. The molecule has 0 radical (unpaired) electrons. The first kappa shape index (κ1) is 15.7. The Morgan fingerprint density at radius 2 is 2.19 bits per heavy atom. The van der Waals surface area contributed by atoms with Crippen LogP contribution in [0.1, 0.15) is 5.56 Å². The van der Waals surface area contributed by atoms with E-state index in [1.165, 1.54) is 18.2 Å². The van der Waals surface area contributed by atoms with Crippen LogP contribution >= 0.6 is 11.6 Å². The Morgan fingerprint density at radius 1 is 1.33 bits per heavy atom. The smallest absolute Gasteiger partial charge is 0.223 e. The highest BCUT2D eigenvalue weighted by molar-refractivity contribution is 6.30. The summed E-state index contributed by atoms with van der Waals surface area (Å²) in [4.78, 5) is 4.19. The molecule has 1 heterocycles. The minimum atomic E-state index is -0.480. The quantitative estimate of drug-likeness (QED) is 0.796. The lowest BCUT2D eigenvalue weighted by atomic mass is 10.2. The van der Waals surface area contributed by atoms with E-state index in [-0.39, 0.29) is 5.02 Å². The van der Waals surface area contributed by atoms with Crippen LogP contribution in [-0.2, 0) is 11.3 Å². The van der Waals surface area contributed by atoms with Crippen LogP contribution in [0.5, 0.6) is 11.6 Å². The van der Waals surface area contributed by atoms with Crippen molar-refractivity contribution in [1.82, 2.24) is 10.3 Å². The lowest BCUT2D eigenvalue weighted by molar-refractivity contribution is 0.199. The average molecular weight is 311 g/mol. The van der Waals surface area contributed by atoms with Crippen LogP contribution in [0.3, 0.4) is 0 Å². The molecule has 0 saturated carbocycles. The molecular weight excluding hydrogens is 295 g/mol. The number of halogens is 2. The van der Waals surface area contributed by atoms with Crippen LogP contribution in [0.25, 0.3) is 0 Å². The second-order valence-corrected chi connectivity index (χ2v) is 4.72. The third kappa shape index (κ3) is 4.67. The Morgan fingerprint density at radius 3 is 2.95 bits per heavy atom. The Hall–Kier alpha value is -1.69. The van der Waals surface area contributed by atoms with E-state index in [4.69, 9.17) is 21.1 Å². The molecule has 2 aromatic rings. The van der Waals surface area contributed by atoms with Crippen LogP contribution in [0.4, 0.5) is 4.39 Å². The van der Waals surface area contributed by atoms with Crippen molar-refractivity contribution in [3.63, 3.8) is 0 Å². The second kappa shape index (κ2) is 7.93. The Balaban J connectivity index is 2.06. The molecule has 0 aliphatic rings. The van der Waals surface area contributed by atoms with Crippen molar-refractivity contribution in [3.8, 4) is 11.6 Å². The fraction of sp³-hybridized carbons (Fsp3) is 0.267. The number of hydrogen-bond acceptors (Lipinski definition) is 4. The summed E-state index contributed by atoms with van der Waals surface area (Å²) in [5.41, 5.74) is 0.897. The lowest BCUT2D eigenvalue weighted by Crippen LogP contribution is -2.19. The molecule has 0 aliphatic carbocycles. The van der Waals surface area contributed by atoms with Crippen molar-refractivity contribution in [2.75, 3.05) is 20.3 Å². The van der Waals surface area contributed by atoms with Crippen molar-refractivity contribution >= 4 is 11.6 Å². The van der Waals surface area contributed by atoms with Gasteiger partial charge in [0.2, 0.25) is 5.88 Å². The first-order valence-electron chi connectivity index (χ1n) is 6.47. The van der Waals surface area contributed by atoms with Gasteiger partial charge in [-0.25, -0.2) is 9.37 Å².